The number of thioether (sulfide) groups is 1. The summed E-state index contributed by atoms with van der Waals surface area (Å²) in [6.07, 6.45) is 1.76. The number of nitrogens with one attached hydrogen (secondary N) is 1. The number of nitrogens with zero attached hydrogens (tertiary/aromatic N) is 1. The second kappa shape index (κ2) is 7.63. The van der Waals surface area contributed by atoms with Crippen molar-refractivity contribution in [1.29, 1.82) is 0 Å². The largest absolute Gasteiger partial charge is 0.497 e. The summed E-state index contributed by atoms with van der Waals surface area (Å²) in [5, 5.41) is 3.75. The number of aliphatic imine (C=N–C) groups is 1. The summed E-state index contributed by atoms with van der Waals surface area (Å²) < 4.78 is 10.5. The van der Waals surface area contributed by atoms with Crippen molar-refractivity contribution >= 4 is 46.2 Å². The molecular weight excluding hydrogens is 360 g/mol. The molecular formula is C18H15ClN2O3S. The third kappa shape index (κ3) is 3.97. The quantitative estimate of drug-likeness (QED) is 0.813. The lowest BCUT2D eigenvalue weighted by Gasteiger charge is -2.07. The maximum Gasteiger partial charge on any atom is 0.264 e. The molecule has 7 heteroatoms. The minimum atomic E-state index is -0.214. The fourth-order valence-electron chi connectivity index (χ4n) is 2.21. The first kappa shape index (κ1) is 17.4. The van der Waals surface area contributed by atoms with Crippen molar-refractivity contribution in [1.82, 2.24) is 5.32 Å². The van der Waals surface area contributed by atoms with E-state index in [9.17, 15) is 4.79 Å². The molecule has 1 amide bonds. The molecule has 0 aliphatic carbocycles. The molecule has 0 unspecified atom stereocenters. The Morgan fingerprint density at radius 2 is 1.96 bits per heavy atom. The molecule has 1 fully saturated rings. The van der Waals surface area contributed by atoms with Gasteiger partial charge in [-0.05, 0) is 42.1 Å². The number of halogens is 1. The molecule has 3 rings (SSSR count). The number of ether oxygens (including phenoxy) is 2. The molecule has 0 spiro atoms. The Bertz CT molecular complexity index is 880. The molecule has 1 heterocycles. The highest BCUT2D eigenvalue weighted by Crippen LogP contribution is 2.33. The fraction of sp³-hybridized carbons (Fsp3) is 0.111. The van der Waals surface area contributed by atoms with E-state index in [1.807, 2.05) is 24.3 Å². The summed E-state index contributed by atoms with van der Waals surface area (Å²) in [4.78, 5) is 17.1. The number of carbonyl (C=O) groups is 1. The van der Waals surface area contributed by atoms with Gasteiger partial charge in [0.25, 0.3) is 5.91 Å². The first-order chi connectivity index (χ1) is 12.1. The summed E-state index contributed by atoms with van der Waals surface area (Å²) in [5.41, 5.74) is 1.38. The zero-order valence-corrected chi connectivity index (χ0v) is 15.1. The second-order valence-corrected chi connectivity index (χ2v) is 6.48. The highest BCUT2D eigenvalue weighted by atomic mass is 35.5. The van der Waals surface area contributed by atoms with Gasteiger partial charge in [-0.15, -0.1) is 0 Å². The van der Waals surface area contributed by atoms with Crippen molar-refractivity contribution in [3.8, 4) is 11.5 Å². The van der Waals surface area contributed by atoms with Gasteiger partial charge < -0.3 is 14.8 Å². The van der Waals surface area contributed by atoms with Crippen LogP contribution in [0.15, 0.2) is 52.4 Å². The molecule has 0 radical (unpaired) electrons. The summed E-state index contributed by atoms with van der Waals surface area (Å²) in [6.45, 7) is 0. The first-order valence-electron chi connectivity index (χ1n) is 7.37. The minimum absolute atomic E-state index is 0.214. The number of benzene rings is 2. The van der Waals surface area contributed by atoms with Crippen LogP contribution in [0.2, 0.25) is 5.02 Å². The third-order valence-electron chi connectivity index (χ3n) is 3.45. The number of amides is 1. The number of amidine groups is 1. The van der Waals surface area contributed by atoms with Crippen LogP contribution in [0, 0.1) is 0 Å². The van der Waals surface area contributed by atoms with Crippen molar-refractivity contribution in [2.75, 3.05) is 14.2 Å². The van der Waals surface area contributed by atoms with Gasteiger partial charge in [-0.3, -0.25) is 4.79 Å². The van der Waals surface area contributed by atoms with Crippen molar-refractivity contribution in [2.24, 2.45) is 4.99 Å². The van der Waals surface area contributed by atoms with E-state index in [-0.39, 0.29) is 5.91 Å². The van der Waals surface area contributed by atoms with Crippen LogP contribution >= 0.6 is 23.4 Å². The Balaban J connectivity index is 1.88. The molecule has 1 aliphatic heterocycles. The predicted molar refractivity (Wildman–Crippen MR) is 102 cm³/mol. The normalized spacial score (nSPS) is 17.0. The molecule has 25 heavy (non-hydrogen) atoms. The number of hydrogen-bond donors (Lipinski definition) is 1. The predicted octanol–water partition coefficient (Wildman–Crippen LogP) is 4.25. The maximum atomic E-state index is 12.2. The van der Waals surface area contributed by atoms with E-state index >= 15 is 0 Å². The zero-order chi connectivity index (χ0) is 17.8. The zero-order valence-electron chi connectivity index (χ0n) is 13.6. The topological polar surface area (TPSA) is 59.9 Å². The number of methoxy groups -OCH3 is 2. The van der Waals surface area contributed by atoms with Gasteiger partial charge in [0.1, 0.15) is 11.5 Å². The molecule has 0 atom stereocenters. The van der Waals surface area contributed by atoms with E-state index in [4.69, 9.17) is 21.1 Å². The van der Waals surface area contributed by atoms with Gasteiger partial charge in [-0.25, -0.2) is 4.99 Å². The number of carbonyl (C=O) groups excluding carboxylic acids is 1. The number of rotatable bonds is 4. The molecule has 1 saturated heterocycles. The molecule has 2 aromatic carbocycles. The Morgan fingerprint density at radius 1 is 1.16 bits per heavy atom. The van der Waals surface area contributed by atoms with Gasteiger partial charge in [0, 0.05) is 11.6 Å². The monoisotopic (exact) mass is 374 g/mol. The van der Waals surface area contributed by atoms with Crippen molar-refractivity contribution in [3.05, 3.63) is 58.0 Å². The van der Waals surface area contributed by atoms with Crippen LogP contribution in [-0.4, -0.2) is 25.3 Å². The minimum Gasteiger partial charge on any atom is -0.497 e. The van der Waals surface area contributed by atoms with Crippen LogP contribution < -0.4 is 14.8 Å². The fourth-order valence-corrected chi connectivity index (χ4v) is 3.21. The van der Waals surface area contributed by atoms with Gasteiger partial charge in [0.15, 0.2) is 5.17 Å². The van der Waals surface area contributed by atoms with E-state index in [0.29, 0.717) is 32.3 Å². The van der Waals surface area contributed by atoms with Gasteiger partial charge >= 0.3 is 0 Å². The van der Waals surface area contributed by atoms with Crippen LogP contribution in [0.25, 0.3) is 6.08 Å². The van der Waals surface area contributed by atoms with Crippen LogP contribution in [-0.2, 0) is 4.79 Å². The van der Waals surface area contributed by atoms with E-state index in [0.717, 1.165) is 5.56 Å². The molecule has 2 aromatic rings. The lowest BCUT2D eigenvalue weighted by Crippen LogP contribution is -2.19. The van der Waals surface area contributed by atoms with E-state index in [1.54, 1.807) is 38.5 Å². The van der Waals surface area contributed by atoms with Gasteiger partial charge in [0.05, 0.1) is 29.8 Å². The second-order valence-electron chi connectivity index (χ2n) is 5.04. The lowest BCUT2D eigenvalue weighted by molar-refractivity contribution is -0.115. The summed E-state index contributed by atoms with van der Waals surface area (Å²) in [6, 6.07) is 12.6. The molecule has 1 N–H and O–H groups in total. The molecule has 1 aliphatic rings. The Hall–Kier alpha value is -2.44. The highest BCUT2D eigenvalue weighted by Gasteiger charge is 2.24. The standard InChI is InChI=1S/C18H15ClN2O3S/c1-23-12-8-7-11(15(10-12)24-2)9-16-17(22)21-18(25-16)20-14-6-4-3-5-13(14)19/h3-10H,1-2H3,(H,20,21,22)/b16-9+. The van der Waals surface area contributed by atoms with E-state index in [1.165, 1.54) is 11.8 Å². The first-order valence-corrected chi connectivity index (χ1v) is 8.56. The SMILES string of the molecule is COc1ccc(/C=C2/SC(=Nc3ccccc3Cl)NC2=O)c(OC)c1. The van der Waals surface area contributed by atoms with Gasteiger partial charge in [-0.2, -0.15) is 0 Å². The van der Waals surface area contributed by atoms with Crippen molar-refractivity contribution in [2.45, 2.75) is 0 Å². The summed E-state index contributed by atoms with van der Waals surface area (Å²) in [7, 11) is 3.16. The van der Waals surface area contributed by atoms with Crippen LogP contribution in [0.5, 0.6) is 11.5 Å². The molecule has 128 valence electrons. The average molecular weight is 375 g/mol. The summed E-state index contributed by atoms with van der Waals surface area (Å²) >= 11 is 7.35. The van der Waals surface area contributed by atoms with Crippen molar-refractivity contribution in [3.63, 3.8) is 0 Å². The number of para-hydroxylation sites is 1. The Kier molecular flexibility index (Phi) is 5.31. The third-order valence-corrected chi connectivity index (χ3v) is 4.68. The van der Waals surface area contributed by atoms with E-state index in [2.05, 4.69) is 10.3 Å². The van der Waals surface area contributed by atoms with E-state index < -0.39 is 0 Å². The van der Waals surface area contributed by atoms with Crippen LogP contribution in [0.3, 0.4) is 0 Å². The maximum absolute atomic E-state index is 12.2. The lowest BCUT2D eigenvalue weighted by atomic mass is 10.1. The molecule has 0 bridgehead atoms. The summed E-state index contributed by atoms with van der Waals surface area (Å²) in [5.74, 6) is 1.09. The Morgan fingerprint density at radius 3 is 2.68 bits per heavy atom. The highest BCUT2D eigenvalue weighted by molar-refractivity contribution is 8.18. The molecule has 0 aromatic heterocycles. The smallest absolute Gasteiger partial charge is 0.264 e. The van der Waals surface area contributed by atoms with Gasteiger partial charge in [-0.1, -0.05) is 23.7 Å². The van der Waals surface area contributed by atoms with Crippen LogP contribution in [0.4, 0.5) is 5.69 Å². The molecule has 0 saturated carbocycles. The average Bonchev–Trinajstić information content (AvgIpc) is 2.96. The Labute approximate surface area is 154 Å². The van der Waals surface area contributed by atoms with Crippen LogP contribution in [0.1, 0.15) is 5.56 Å². The number of hydrogen-bond acceptors (Lipinski definition) is 5. The van der Waals surface area contributed by atoms with Crippen molar-refractivity contribution < 1.29 is 14.3 Å². The molecule has 5 nitrogen and oxygen atoms in total. The van der Waals surface area contributed by atoms with Gasteiger partial charge in [0.2, 0.25) is 0 Å².